The first-order valence-corrected chi connectivity index (χ1v) is 4.52. The molecule has 0 aromatic heterocycles. The molecule has 1 aromatic carbocycles. The zero-order valence-electron chi connectivity index (χ0n) is 9.12. The highest BCUT2D eigenvalue weighted by molar-refractivity contribution is 5.97. The fraction of sp³-hybridized carbons (Fsp3) is 0. The van der Waals surface area contributed by atoms with Crippen LogP contribution in [0.2, 0.25) is 0 Å². The Morgan fingerprint density at radius 2 is 0.950 bits per heavy atom. The maximum Gasteiger partial charge on any atom is 0.351 e. The van der Waals surface area contributed by atoms with Gasteiger partial charge in [-0.3, -0.25) is 9.59 Å². The lowest BCUT2D eigenvalue weighted by molar-refractivity contribution is -0.125. The van der Waals surface area contributed by atoms with Crippen molar-refractivity contribution in [1.29, 1.82) is 0 Å². The molecule has 0 amide bonds. The van der Waals surface area contributed by atoms with E-state index in [-0.39, 0.29) is 0 Å². The summed E-state index contributed by atoms with van der Waals surface area (Å²) in [6.07, 6.45) is 0. The number of hydrogen-bond donors (Lipinski definition) is 0. The van der Waals surface area contributed by atoms with Crippen LogP contribution >= 0.6 is 0 Å². The molecule has 0 heterocycles. The summed E-state index contributed by atoms with van der Waals surface area (Å²) >= 11 is 0. The van der Waals surface area contributed by atoms with Crippen LogP contribution in [-0.2, 0) is 19.1 Å². The number of esters is 2. The lowest BCUT2D eigenvalue weighted by atomic mass is 10.1. The smallest absolute Gasteiger partial charge is 0.351 e. The molecule has 0 bridgehead atoms. The quantitative estimate of drug-likeness (QED) is 0.269. The van der Waals surface area contributed by atoms with Gasteiger partial charge in [0.15, 0.2) is 23.3 Å². The zero-order chi connectivity index (χ0) is 15.4. The van der Waals surface area contributed by atoms with Crippen molar-refractivity contribution in [2.75, 3.05) is 0 Å². The molecular formula is C10H2F4O6. The molecule has 10 heteroatoms. The zero-order valence-corrected chi connectivity index (χ0v) is 9.12. The normalized spacial score (nSPS) is 9.80. The molecule has 106 valence electrons. The van der Waals surface area contributed by atoms with E-state index in [4.69, 9.17) is 0 Å². The van der Waals surface area contributed by atoms with Crippen molar-refractivity contribution in [3.05, 3.63) is 34.4 Å². The lowest BCUT2D eigenvalue weighted by Crippen LogP contribution is -2.18. The fourth-order valence-corrected chi connectivity index (χ4v) is 1.20. The molecule has 0 atom stereocenters. The van der Waals surface area contributed by atoms with Gasteiger partial charge in [-0.25, -0.2) is 27.2 Å². The largest absolute Gasteiger partial charge is 0.392 e. The number of rotatable bonds is 4. The maximum atomic E-state index is 13.4. The third-order valence-electron chi connectivity index (χ3n) is 1.98. The van der Waals surface area contributed by atoms with Crippen LogP contribution in [0.5, 0.6) is 0 Å². The van der Waals surface area contributed by atoms with E-state index in [2.05, 4.69) is 9.47 Å². The van der Waals surface area contributed by atoms with Crippen molar-refractivity contribution in [3.63, 3.8) is 0 Å². The third kappa shape index (κ3) is 2.48. The number of carbonyl (C=O) groups excluding carboxylic acids is 4. The van der Waals surface area contributed by atoms with E-state index in [1.807, 2.05) is 0 Å². The SMILES string of the molecule is O=COC(=O)c1c(F)c(F)c(C(=O)OC=O)c(F)c1F. The van der Waals surface area contributed by atoms with E-state index in [1.54, 1.807) is 0 Å². The van der Waals surface area contributed by atoms with E-state index >= 15 is 0 Å². The Bertz CT molecular complexity index is 530. The molecular weight excluding hydrogens is 292 g/mol. The Morgan fingerprint density at radius 1 is 0.700 bits per heavy atom. The summed E-state index contributed by atoms with van der Waals surface area (Å²) in [7, 11) is 0. The number of carbonyl (C=O) groups is 4. The highest BCUT2D eigenvalue weighted by Gasteiger charge is 2.33. The van der Waals surface area contributed by atoms with Gasteiger partial charge in [0.05, 0.1) is 0 Å². The molecule has 0 N–H and O–H groups in total. The van der Waals surface area contributed by atoms with Crippen molar-refractivity contribution in [1.82, 2.24) is 0 Å². The third-order valence-corrected chi connectivity index (χ3v) is 1.98. The average molecular weight is 294 g/mol. The molecule has 0 aliphatic rings. The van der Waals surface area contributed by atoms with Crippen LogP contribution in [0.15, 0.2) is 0 Å². The van der Waals surface area contributed by atoms with E-state index in [9.17, 15) is 36.7 Å². The minimum absolute atomic E-state index is 0.522. The van der Waals surface area contributed by atoms with Gasteiger partial charge in [-0.1, -0.05) is 0 Å². The maximum absolute atomic E-state index is 13.4. The van der Waals surface area contributed by atoms with Gasteiger partial charge in [0.25, 0.3) is 0 Å². The molecule has 6 nitrogen and oxygen atoms in total. The van der Waals surface area contributed by atoms with E-state index in [0.29, 0.717) is 0 Å². The van der Waals surface area contributed by atoms with Crippen LogP contribution < -0.4 is 0 Å². The van der Waals surface area contributed by atoms with Gasteiger partial charge in [-0.05, 0) is 0 Å². The molecule has 1 rings (SSSR count). The van der Waals surface area contributed by atoms with Gasteiger partial charge in [0.2, 0.25) is 0 Å². The highest BCUT2D eigenvalue weighted by atomic mass is 19.2. The molecule has 0 radical (unpaired) electrons. The van der Waals surface area contributed by atoms with Crippen LogP contribution in [0.25, 0.3) is 0 Å². The monoisotopic (exact) mass is 294 g/mol. The summed E-state index contributed by atoms with van der Waals surface area (Å²) in [5.41, 5.74) is -3.70. The molecule has 0 unspecified atom stereocenters. The summed E-state index contributed by atoms with van der Waals surface area (Å²) in [6, 6.07) is 0. The molecule has 0 fully saturated rings. The first-order valence-electron chi connectivity index (χ1n) is 4.52. The average Bonchev–Trinajstić information content (AvgIpc) is 2.37. The summed E-state index contributed by atoms with van der Waals surface area (Å²) in [5.74, 6) is -13.2. The summed E-state index contributed by atoms with van der Waals surface area (Å²) in [6.45, 7) is -1.04. The van der Waals surface area contributed by atoms with Gasteiger partial charge in [0.1, 0.15) is 11.1 Å². The second-order valence-electron chi connectivity index (χ2n) is 3.01. The number of ether oxygens (including phenoxy) is 2. The predicted molar refractivity (Wildman–Crippen MR) is 49.2 cm³/mol. The summed E-state index contributed by atoms with van der Waals surface area (Å²) in [4.78, 5) is 41.6. The second kappa shape index (κ2) is 5.91. The predicted octanol–water partition coefficient (Wildman–Crippen LogP) is 0.869. The minimum atomic E-state index is -2.28. The van der Waals surface area contributed by atoms with Crippen LogP contribution in [0.4, 0.5) is 17.6 Å². The van der Waals surface area contributed by atoms with Crippen molar-refractivity contribution < 1.29 is 46.2 Å². The number of halogens is 4. The van der Waals surface area contributed by atoms with Crippen molar-refractivity contribution in [2.45, 2.75) is 0 Å². The van der Waals surface area contributed by atoms with Gasteiger partial charge < -0.3 is 9.47 Å². The fourth-order valence-electron chi connectivity index (χ4n) is 1.20. The number of benzene rings is 1. The van der Waals surface area contributed by atoms with Gasteiger partial charge in [-0.2, -0.15) is 0 Å². The molecule has 20 heavy (non-hydrogen) atoms. The Morgan fingerprint density at radius 3 is 1.15 bits per heavy atom. The Hall–Kier alpha value is -2.78. The molecule has 0 saturated heterocycles. The van der Waals surface area contributed by atoms with Gasteiger partial charge in [0, 0.05) is 0 Å². The lowest BCUT2D eigenvalue weighted by Gasteiger charge is -2.08. The number of hydrogen-bond acceptors (Lipinski definition) is 6. The van der Waals surface area contributed by atoms with E-state index < -0.39 is 59.3 Å². The Kier molecular flexibility index (Phi) is 4.51. The standard InChI is InChI=1S/C10H2F4O6/c11-5-3(9(17)19-1-15)6(12)8(14)4(7(5)13)10(18)20-2-16/h1-2H. The van der Waals surface area contributed by atoms with E-state index in [0.717, 1.165) is 0 Å². The van der Waals surface area contributed by atoms with Crippen molar-refractivity contribution in [3.8, 4) is 0 Å². The molecule has 0 spiro atoms. The van der Waals surface area contributed by atoms with Crippen LogP contribution in [0.1, 0.15) is 20.7 Å². The van der Waals surface area contributed by atoms with Crippen LogP contribution in [0, 0.1) is 23.3 Å². The van der Waals surface area contributed by atoms with Crippen molar-refractivity contribution in [2.24, 2.45) is 0 Å². The molecule has 0 aliphatic carbocycles. The minimum Gasteiger partial charge on any atom is -0.392 e. The molecule has 0 aliphatic heterocycles. The first kappa shape index (κ1) is 15.3. The highest BCUT2D eigenvalue weighted by Crippen LogP contribution is 2.25. The first-order chi connectivity index (χ1) is 9.36. The summed E-state index contributed by atoms with van der Waals surface area (Å²) in [5, 5.41) is 0. The Labute approximate surface area is 106 Å². The van der Waals surface area contributed by atoms with Crippen LogP contribution in [0.3, 0.4) is 0 Å². The molecule has 1 aromatic rings. The van der Waals surface area contributed by atoms with Crippen molar-refractivity contribution >= 4 is 24.9 Å². The topological polar surface area (TPSA) is 86.7 Å². The van der Waals surface area contributed by atoms with Gasteiger partial charge >= 0.3 is 24.9 Å². The van der Waals surface area contributed by atoms with Crippen LogP contribution in [-0.4, -0.2) is 24.9 Å². The van der Waals surface area contributed by atoms with Gasteiger partial charge in [-0.15, -0.1) is 0 Å². The Balaban J connectivity index is 3.57. The summed E-state index contributed by atoms with van der Waals surface area (Å²) < 4.78 is 60.6. The second-order valence-corrected chi connectivity index (χ2v) is 3.01. The molecule has 0 saturated carbocycles. The van der Waals surface area contributed by atoms with E-state index in [1.165, 1.54) is 0 Å².